The maximum absolute atomic E-state index is 12.5. The molecule has 108 valence electrons. The van der Waals surface area contributed by atoms with Crippen molar-refractivity contribution in [3.63, 3.8) is 0 Å². The summed E-state index contributed by atoms with van der Waals surface area (Å²) in [6, 6.07) is 1.81. The van der Waals surface area contributed by atoms with Gasteiger partial charge in [-0.05, 0) is 30.2 Å². The van der Waals surface area contributed by atoms with E-state index >= 15 is 0 Å². The molecule has 1 atom stereocenters. The smallest absolute Gasteiger partial charge is 0.324 e. The monoisotopic (exact) mass is 349 g/mol. The fourth-order valence-electron chi connectivity index (χ4n) is 1.48. The molecule has 1 aromatic rings. The number of hydrogen-bond acceptors (Lipinski definition) is 1. The first-order chi connectivity index (χ1) is 8.49. The normalized spacial score (nSPS) is 14.5. The molecule has 1 nitrogen and oxygen atoms in total. The molecule has 0 aliphatic heterocycles. The topological polar surface area (TPSA) is 26.0 Å². The highest BCUT2D eigenvalue weighted by Crippen LogP contribution is 2.34. The maximum atomic E-state index is 12.5. The van der Waals surface area contributed by atoms with Crippen molar-refractivity contribution in [3.05, 3.63) is 33.8 Å². The molecule has 0 aliphatic rings. The molecule has 0 heterocycles. The molecular weight excluding hydrogens is 340 g/mol. The Balaban J connectivity index is 2.91. The minimum atomic E-state index is -4.57. The number of alkyl halides is 6. The Bertz CT molecular complexity index is 440. The zero-order chi connectivity index (χ0) is 14.8. The minimum Gasteiger partial charge on any atom is -0.324 e. The van der Waals surface area contributed by atoms with Crippen LogP contribution in [0.4, 0.5) is 26.3 Å². The Morgan fingerprint density at radius 2 is 1.63 bits per heavy atom. The van der Waals surface area contributed by atoms with Gasteiger partial charge in [-0.15, -0.1) is 0 Å². The Morgan fingerprint density at radius 3 is 2.11 bits per heavy atom. The van der Waals surface area contributed by atoms with Crippen LogP contribution in [0, 0.1) is 0 Å². The SMILES string of the molecule is N[C@@H](CCC(F)(F)F)c1cc(Br)cc(C(F)(F)F)c1. The first kappa shape index (κ1) is 16.3. The lowest BCUT2D eigenvalue weighted by Crippen LogP contribution is -2.16. The fraction of sp³-hybridized carbons (Fsp3) is 0.455. The zero-order valence-electron chi connectivity index (χ0n) is 9.45. The van der Waals surface area contributed by atoms with Crippen molar-refractivity contribution < 1.29 is 26.3 Å². The van der Waals surface area contributed by atoms with Crippen LogP contribution in [0.1, 0.15) is 30.0 Å². The van der Waals surface area contributed by atoms with E-state index in [0.29, 0.717) is 0 Å². The highest BCUT2D eigenvalue weighted by atomic mass is 79.9. The zero-order valence-corrected chi connectivity index (χ0v) is 11.0. The summed E-state index contributed by atoms with van der Waals surface area (Å²) in [6.07, 6.45) is -10.5. The number of benzene rings is 1. The Hall–Kier alpha value is -0.760. The quantitative estimate of drug-likeness (QED) is 0.778. The average Bonchev–Trinajstić information content (AvgIpc) is 2.22. The van der Waals surface area contributed by atoms with Gasteiger partial charge < -0.3 is 5.73 Å². The van der Waals surface area contributed by atoms with Crippen LogP contribution in [0.2, 0.25) is 0 Å². The van der Waals surface area contributed by atoms with E-state index in [9.17, 15) is 26.3 Å². The van der Waals surface area contributed by atoms with E-state index < -0.39 is 36.8 Å². The summed E-state index contributed by atoms with van der Waals surface area (Å²) in [5.74, 6) is 0. The highest BCUT2D eigenvalue weighted by Gasteiger charge is 2.32. The summed E-state index contributed by atoms with van der Waals surface area (Å²) in [6.45, 7) is 0. The third-order valence-electron chi connectivity index (χ3n) is 2.41. The Kier molecular flexibility index (Phi) is 4.89. The van der Waals surface area contributed by atoms with Gasteiger partial charge in [0.2, 0.25) is 0 Å². The van der Waals surface area contributed by atoms with Crippen LogP contribution in [-0.4, -0.2) is 6.18 Å². The molecule has 0 aromatic heterocycles. The molecule has 0 fully saturated rings. The summed E-state index contributed by atoms with van der Waals surface area (Å²) in [7, 11) is 0. The highest BCUT2D eigenvalue weighted by molar-refractivity contribution is 9.10. The third-order valence-corrected chi connectivity index (χ3v) is 2.87. The molecule has 19 heavy (non-hydrogen) atoms. The van der Waals surface area contributed by atoms with Crippen molar-refractivity contribution in [2.45, 2.75) is 31.2 Å². The minimum absolute atomic E-state index is 0.0194. The largest absolute Gasteiger partial charge is 0.416 e. The lowest BCUT2D eigenvalue weighted by molar-refractivity contribution is -0.138. The Labute approximate surface area is 113 Å². The molecule has 0 spiro atoms. The molecule has 0 amide bonds. The van der Waals surface area contributed by atoms with Gasteiger partial charge in [0.15, 0.2) is 0 Å². The Morgan fingerprint density at radius 1 is 1.05 bits per heavy atom. The second kappa shape index (κ2) is 5.70. The second-order valence-corrected chi connectivity index (χ2v) is 4.95. The molecule has 0 saturated carbocycles. The van der Waals surface area contributed by atoms with Crippen molar-refractivity contribution in [2.24, 2.45) is 5.73 Å². The fourth-order valence-corrected chi connectivity index (χ4v) is 1.99. The summed E-state index contributed by atoms with van der Waals surface area (Å²) < 4.78 is 73.9. The van der Waals surface area contributed by atoms with Crippen molar-refractivity contribution in [2.75, 3.05) is 0 Å². The van der Waals surface area contributed by atoms with Crippen LogP contribution in [0.15, 0.2) is 22.7 Å². The van der Waals surface area contributed by atoms with Crippen LogP contribution in [0.25, 0.3) is 0 Å². The standard InChI is InChI=1S/C11H10BrF6N/c12-8-4-6(3-7(5-8)11(16,17)18)9(19)1-2-10(13,14)15/h3-5,9H,1-2,19H2/t9-/m0/s1. The lowest BCUT2D eigenvalue weighted by atomic mass is 10.0. The number of nitrogens with two attached hydrogens (primary N) is 1. The molecule has 2 N–H and O–H groups in total. The van der Waals surface area contributed by atoms with E-state index in [1.54, 1.807) is 0 Å². The van der Waals surface area contributed by atoms with Gasteiger partial charge in [0.1, 0.15) is 0 Å². The first-order valence-corrected chi connectivity index (χ1v) is 5.98. The molecule has 0 radical (unpaired) electrons. The van der Waals surface area contributed by atoms with Crippen molar-refractivity contribution in [1.29, 1.82) is 0 Å². The third kappa shape index (κ3) is 5.40. The predicted molar refractivity (Wildman–Crippen MR) is 61.4 cm³/mol. The van der Waals surface area contributed by atoms with Gasteiger partial charge in [-0.1, -0.05) is 15.9 Å². The summed E-state index contributed by atoms with van der Waals surface area (Å²) in [4.78, 5) is 0. The van der Waals surface area contributed by atoms with Crippen LogP contribution in [0.3, 0.4) is 0 Å². The molecule has 0 unspecified atom stereocenters. The summed E-state index contributed by atoms with van der Waals surface area (Å²) >= 11 is 2.89. The van der Waals surface area contributed by atoms with Gasteiger partial charge in [-0.2, -0.15) is 26.3 Å². The van der Waals surface area contributed by atoms with E-state index in [1.807, 2.05) is 0 Å². The second-order valence-electron chi connectivity index (χ2n) is 4.03. The van der Waals surface area contributed by atoms with E-state index in [-0.39, 0.29) is 10.0 Å². The predicted octanol–water partition coefficient (Wildman–Crippen LogP) is 4.81. The van der Waals surface area contributed by atoms with E-state index in [2.05, 4.69) is 15.9 Å². The lowest BCUT2D eigenvalue weighted by Gasteiger charge is -2.16. The van der Waals surface area contributed by atoms with Crippen LogP contribution in [0.5, 0.6) is 0 Å². The van der Waals surface area contributed by atoms with Crippen molar-refractivity contribution in [3.8, 4) is 0 Å². The molecular formula is C11H10BrF6N. The van der Waals surface area contributed by atoms with Crippen LogP contribution >= 0.6 is 15.9 Å². The van der Waals surface area contributed by atoms with Gasteiger partial charge in [-0.25, -0.2) is 0 Å². The van der Waals surface area contributed by atoms with E-state index in [1.165, 1.54) is 6.07 Å². The van der Waals surface area contributed by atoms with Crippen LogP contribution in [-0.2, 0) is 6.18 Å². The van der Waals surface area contributed by atoms with Gasteiger partial charge in [0.05, 0.1) is 5.56 Å². The van der Waals surface area contributed by atoms with Crippen LogP contribution < -0.4 is 5.73 Å². The summed E-state index contributed by atoms with van der Waals surface area (Å²) in [5.41, 5.74) is 4.57. The first-order valence-electron chi connectivity index (χ1n) is 5.19. The molecule has 0 saturated heterocycles. The molecule has 1 aromatic carbocycles. The molecule has 0 aliphatic carbocycles. The van der Waals surface area contributed by atoms with Crippen molar-refractivity contribution in [1.82, 2.24) is 0 Å². The molecule has 0 bridgehead atoms. The summed E-state index contributed by atoms with van der Waals surface area (Å²) in [5, 5.41) is 0. The van der Waals surface area contributed by atoms with E-state index in [4.69, 9.17) is 5.73 Å². The maximum Gasteiger partial charge on any atom is 0.416 e. The van der Waals surface area contributed by atoms with Gasteiger partial charge in [0, 0.05) is 16.9 Å². The average molecular weight is 350 g/mol. The van der Waals surface area contributed by atoms with Crippen molar-refractivity contribution >= 4 is 15.9 Å². The van der Waals surface area contributed by atoms with Gasteiger partial charge in [0.25, 0.3) is 0 Å². The van der Waals surface area contributed by atoms with Gasteiger partial charge in [-0.3, -0.25) is 0 Å². The van der Waals surface area contributed by atoms with Gasteiger partial charge >= 0.3 is 12.4 Å². The molecule has 8 heteroatoms. The number of hydrogen-bond donors (Lipinski definition) is 1. The number of halogens is 7. The molecule has 1 rings (SSSR count). The van der Waals surface area contributed by atoms with E-state index in [0.717, 1.165) is 12.1 Å². The number of rotatable bonds is 3.